The molecule has 1 unspecified atom stereocenters. The van der Waals surface area contributed by atoms with Crippen molar-refractivity contribution >= 4 is 15.9 Å². The first-order chi connectivity index (χ1) is 9.13. The first-order valence-corrected chi connectivity index (χ1v) is 7.81. The maximum atomic E-state index is 13.2. The molecule has 1 atom stereocenters. The molecule has 1 saturated heterocycles. The molecule has 0 aliphatic carbocycles. The van der Waals surface area contributed by atoms with Crippen LogP contribution in [0.5, 0.6) is 0 Å². The lowest BCUT2D eigenvalue weighted by Gasteiger charge is -2.20. The molecule has 0 radical (unpaired) electrons. The lowest BCUT2D eigenvalue weighted by Crippen LogP contribution is -2.31. The Labute approximate surface area is 123 Å². The van der Waals surface area contributed by atoms with Gasteiger partial charge < -0.3 is 10.2 Å². The van der Waals surface area contributed by atoms with Crippen molar-refractivity contribution in [1.29, 1.82) is 0 Å². The van der Waals surface area contributed by atoms with Gasteiger partial charge in [-0.15, -0.1) is 0 Å². The van der Waals surface area contributed by atoms with E-state index in [2.05, 4.69) is 33.1 Å². The molecule has 106 valence electrons. The van der Waals surface area contributed by atoms with E-state index in [9.17, 15) is 4.39 Å². The molecular formula is C15H22BrFN2. The van der Waals surface area contributed by atoms with Crippen LogP contribution >= 0.6 is 15.9 Å². The van der Waals surface area contributed by atoms with Gasteiger partial charge in [0, 0.05) is 17.6 Å². The highest BCUT2D eigenvalue weighted by molar-refractivity contribution is 9.10. The fourth-order valence-electron chi connectivity index (χ4n) is 2.65. The zero-order valence-electron chi connectivity index (χ0n) is 11.5. The van der Waals surface area contributed by atoms with E-state index in [1.807, 2.05) is 6.07 Å². The van der Waals surface area contributed by atoms with Gasteiger partial charge in [0.25, 0.3) is 0 Å². The van der Waals surface area contributed by atoms with Crippen LogP contribution in [0.4, 0.5) is 4.39 Å². The number of likely N-dealkylation sites (tertiary alicyclic amines) is 1. The average molecular weight is 329 g/mol. The molecule has 1 aliphatic heterocycles. The Bertz CT molecular complexity index is 385. The van der Waals surface area contributed by atoms with Gasteiger partial charge in [-0.1, -0.05) is 22.9 Å². The highest BCUT2D eigenvalue weighted by Gasteiger charge is 2.14. The van der Waals surface area contributed by atoms with Crippen molar-refractivity contribution in [1.82, 2.24) is 10.2 Å². The van der Waals surface area contributed by atoms with Crippen molar-refractivity contribution in [3.8, 4) is 0 Å². The van der Waals surface area contributed by atoms with Gasteiger partial charge in [-0.05, 0) is 62.2 Å². The van der Waals surface area contributed by atoms with Crippen LogP contribution in [0.25, 0.3) is 0 Å². The minimum Gasteiger partial charge on any atom is -0.312 e. The first kappa shape index (κ1) is 14.9. The third-order valence-electron chi connectivity index (χ3n) is 3.51. The quantitative estimate of drug-likeness (QED) is 0.860. The molecule has 1 aromatic rings. The van der Waals surface area contributed by atoms with Crippen molar-refractivity contribution < 1.29 is 4.39 Å². The van der Waals surface area contributed by atoms with Crippen LogP contribution in [0, 0.1) is 11.7 Å². The van der Waals surface area contributed by atoms with Crippen molar-refractivity contribution in [2.24, 2.45) is 5.92 Å². The van der Waals surface area contributed by atoms with E-state index in [1.165, 1.54) is 38.5 Å². The number of nitrogens with zero attached hydrogens (tertiary/aromatic N) is 1. The molecule has 1 aliphatic rings. The molecule has 2 nitrogen and oxygen atoms in total. The van der Waals surface area contributed by atoms with Gasteiger partial charge in [0.15, 0.2) is 0 Å². The highest BCUT2D eigenvalue weighted by Crippen LogP contribution is 2.15. The molecule has 0 spiro atoms. The highest BCUT2D eigenvalue weighted by atomic mass is 79.9. The van der Waals surface area contributed by atoms with Crippen molar-refractivity contribution in [2.45, 2.75) is 26.3 Å². The number of rotatable bonds is 6. The van der Waals surface area contributed by atoms with Crippen molar-refractivity contribution in [3.05, 3.63) is 34.1 Å². The summed E-state index contributed by atoms with van der Waals surface area (Å²) >= 11 is 3.32. The van der Waals surface area contributed by atoms with Crippen LogP contribution in [-0.2, 0) is 6.54 Å². The molecule has 0 saturated carbocycles. The Hall–Kier alpha value is -0.450. The normalized spacial score (nSPS) is 17.8. The van der Waals surface area contributed by atoms with E-state index in [0.717, 1.165) is 23.1 Å². The van der Waals surface area contributed by atoms with Gasteiger partial charge in [0.1, 0.15) is 5.82 Å². The number of hydrogen-bond donors (Lipinski definition) is 1. The molecule has 0 amide bonds. The van der Waals surface area contributed by atoms with E-state index < -0.39 is 0 Å². The Kier molecular flexibility index (Phi) is 5.79. The summed E-state index contributed by atoms with van der Waals surface area (Å²) in [7, 11) is 0. The maximum absolute atomic E-state index is 13.2. The first-order valence-electron chi connectivity index (χ1n) is 7.01. The fourth-order valence-corrected chi connectivity index (χ4v) is 3.16. The number of benzene rings is 1. The number of halogens is 2. The number of nitrogens with one attached hydrogen (secondary N) is 1. The molecule has 19 heavy (non-hydrogen) atoms. The Balaban J connectivity index is 1.70. The minimum absolute atomic E-state index is 0.184. The second kappa shape index (κ2) is 7.36. The molecule has 0 aromatic heterocycles. The summed E-state index contributed by atoms with van der Waals surface area (Å²) in [6.45, 7) is 7.64. The lowest BCUT2D eigenvalue weighted by molar-refractivity contribution is 0.282. The Morgan fingerprint density at radius 1 is 1.32 bits per heavy atom. The van der Waals surface area contributed by atoms with Crippen molar-refractivity contribution in [3.63, 3.8) is 0 Å². The molecule has 2 rings (SSSR count). The summed E-state index contributed by atoms with van der Waals surface area (Å²) in [6.07, 6.45) is 2.69. The van der Waals surface area contributed by atoms with E-state index in [0.29, 0.717) is 5.92 Å². The second-order valence-corrected chi connectivity index (χ2v) is 6.44. The third kappa shape index (κ3) is 5.21. The standard InChI is InChI=1S/C15H22BrFN2/c1-12(11-19-4-2-3-5-19)9-18-10-13-6-14(16)8-15(17)7-13/h6-8,12,18H,2-5,9-11H2,1H3. The summed E-state index contributed by atoms with van der Waals surface area (Å²) in [5.41, 5.74) is 0.986. The molecular weight excluding hydrogens is 307 g/mol. The predicted octanol–water partition coefficient (Wildman–Crippen LogP) is 3.41. The third-order valence-corrected chi connectivity index (χ3v) is 3.97. The van der Waals surface area contributed by atoms with Crippen LogP contribution in [0.1, 0.15) is 25.3 Å². The van der Waals surface area contributed by atoms with Gasteiger partial charge in [0.2, 0.25) is 0 Å². The van der Waals surface area contributed by atoms with E-state index in [-0.39, 0.29) is 5.82 Å². The molecule has 1 heterocycles. The van der Waals surface area contributed by atoms with Gasteiger partial charge in [-0.2, -0.15) is 0 Å². The zero-order chi connectivity index (χ0) is 13.7. The van der Waals surface area contributed by atoms with Crippen LogP contribution < -0.4 is 5.32 Å². The molecule has 0 bridgehead atoms. The van der Waals surface area contributed by atoms with Gasteiger partial charge in [0.05, 0.1) is 0 Å². The SMILES string of the molecule is CC(CNCc1cc(F)cc(Br)c1)CN1CCCC1. The maximum Gasteiger partial charge on any atom is 0.124 e. The Morgan fingerprint density at radius 2 is 2.05 bits per heavy atom. The molecule has 4 heteroatoms. The minimum atomic E-state index is -0.184. The zero-order valence-corrected chi connectivity index (χ0v) is 13.0. The summed E-state index contributed by atoms with van der Waals surface area (Å²) in [4.78, 5) is 2.53. The average Bonchev–Trinajstić information content (AvgIpc) is 2.80. The molecule has 1 N–H and O–H groups in total. The Morgan fingerprint density at radius 3 is 2.74 bits per heavy atom. The fraction of sp³-hybridized carbons (Fsp3) is 0.600. The van der Waals surface area contributed by atoms with E-state index in [1.54, 1.807) is 6.07 Å². The summed E-state index contributed by atoms with van der Waals surface area (Å²) in [5.74, 6) is 0.450. The van der Waals surface area contributed by atoms with Crippen LogP contribution in [0.15, 0.2) is 22.7 Å². The smallest absolute Gasteiger partial charge is 0.124 e. The predicted molar refractivity (Wildman–Crippen MR) is 80.6 cm³/mol. The molecule has 1 aromatic carbocycles. The van der Waals surface area contributed by atoms with Gasteiger partial charge >= 0.3 is 0 Å². The number of hydrogen-bond acceptors (Lipinski definition) is 2. The van der Waals surface area contributed by atoms with Crippen LogP contribution in [0.3, 0.4) is 0 Å². The lowest BCUT2D eigenvalue weighted by atomic mass is 10.1. The molecule has 1 fully saturated rings. The van der Waals surface area contributed by atoms with Crippen molar-refractivity contribution in [2.75, 3.05) is 26.2 Å². The van der Waals surface area contributed by atoms with E-state index in [4.69, 9.17) is 0 Å². The van der Waals surface area contributed by atoms with Gasteiger partial charge in [-0.25, -0.2) is 4.39 Å². The van der Waals surface area contributed by atoms with Crippen LogP contribution in [-0.4, -0.2) is 31.1 Å². The largest absolute Gasteiger partial charge is 0.312 e. The summed E-state index contributed by atoms with van der Waals surface area (Å²) in [5, 5.41) is 3.42. The van der Waals surface area contributed by atoms with Gasteiger partial charge in [-0.3, -0.25) is 0 Å². The topological polar surface area (TPSA) is 15.3 Å². The summed E-state index contributed by atoms with van der Waals surface area (Å²) in [6, 6.07) is 5.03. The summed E-state index contributed by atoms with van der Waals surface area (Å²) < 4.78 is 14.0. The monoisotopic (exact) mass is 328 g/mol. The van der Waals surface area contributed by atoms with E-state index >= 15 is 0 Å². The van der Waals surface area contributed by atoms with Crippen LogP contribution in [0.2, 0.25) is 0 Å². The second-order valence-electron chi connectivity index (χ2n) is 5.52.